The van der Waals surface area contributed by atoms with Gasteiger partial charge in [-0.3, -0.25) is 4.79 Å². The van der Waals surface area contributed by atoms with E-state index < -0.39 is 12.1 Å². The number of ketones is 1. The van der Waals surface area contributed by atoms with Crippen molar-refractivity contribution in [2.24, 2.45) is 0 Å². The number of ether oxygens (including phenoxy) is 1. The van der Waals surface area contributed by atoms with Crippen LogP contribution in [0.4, 0.5) is 0 Å². The van der Waals surface area contributed by atoms with Gasteiger partial charge in [0, 0.05) is 16.0 Å². The molecule has 0 fully saturated rings. The molecular weight excluding hydrogens is 418 g/mol. The molecule has 2 aromatic heterocycles. The Morgan fingerprint density at radius 1 is 1.07 bits per heavy atom. The lowest BCUT2D eigenvalue weighted by atomic mass is 10.0. The van der Waals surface area contributed by atoms with Crippen LogP contribution in [0.25, 0.3) is 21.5 Å². The van der Waals surface area contributed by atoms with E-state index in [1.54, 1.807) is 49.4 Å². The van der Waals surface area contributed by atoms with E-state index in [1.807, 2.05) is 30.5 Å². The second kappa shape index (κ2) is 8.38. The van der Waals surface area contributed by atoms with Crippen LogP contribution >= 0.6 is 22.9 Å². The Kier molecular flexibility index (Phi) is 5.66. The number of aromatic nitrogens is 1. The first-order valence-corrected chi connectivity index (χ1v) is 10.7. The first kappa shape index (κ1) is 20.3. The van der Waals surface area contributed by atoms with Crippen molar-refractivity contribution in [1.29, 1.82) is 0 Å². The average molecular weight is 436 g/mol. The van der Waals surface area contributed by atoms with E-state index in [2.05, 4.69) is 0 Å². The van der Waals surface area contributed by atoms with Crippen LogP contribution in [-0.4, -0.2) is 22.8 Å². The van der Waals surface area contributed by atoms with Gasteiger partial charge in [0.05, 0.1) is 21.7 Å². The maximum atomic E-state index is 13.1. The number of rotatable bonds is 5. The quantitative estimate of drug-likeness (QED) is 0.270. The van der Waals surface area contributed by atoms with Gasteiger partial charge in [0.15, 0.2) is 6.10 Å². The van der Waals surface area contributed by atoms with Gasteiger partial charge in [-0.2, -0.15) is 0 Å². The molecule has 0 spiro atoms. The average Bonchev–Trinajstić information content (AvgIpc) is 3.30. The highest BCUT2D eigenvalue weighted by Gasteiger charge is 2.23. The normalized spacial score (nSPS) is 12.0. The van der Waals surface area contributed by atoms with E-state index in [0.29, 0.717) is 32.7 Å². The lowest BCUT2D eigenvalue weighted by molar-refractivity contribution is 0.0320. The van der Waals surface area contributed by atoms with Crippen LogP contribution in [0, 0.1) is 6.92 Å². The number of fused-ring (bicyclic) bond motifs is 1. The summed E-state index contributed by atoms with van der Waals surface area (Å²) in [6.07, 6.45) is -0.915. The first-order chi connectivity index (χ1) is 14.5. The summed E-state index contributed by atoms with van der Waals surface area (Å²) < 4.78 is 5.56. The molecule has 1 atom stereocenters. The number of Topliss-reactive ketones (excluding diaryl/α,β-unsaturated/α-hetero) is 1. The minimum absolute atomic E-state index is 0.250. The summed E-state index contributed by atoms with van der Waals surface area (Å²) in [6.45, 7) is 3.45. The molecule has 6 heteroatoms. The van der Waals surface area contributed by atoms with Crippen molar-refractivity contribution in [3.63, 3.8) is 0 Å². The van der Waals surface area contributed by atoms with Gasteiger partial charge in [-0.1, -0.05) is 54.1 Å². The largest absolute Gasteiger partial charge is 0.451 e. The van der Waals surface area contributed by atoms with Crippen LogP contribution in [0.3, 0.4) is 0 Å². The van der Waals surface area contributed by atoms with E-state index in [0.717, 1.165) is 10.4 Å². The Hall–Kier alpha value is -3.02. The molecule has 4 aromatic rings. The lowest BCUT2D eigenvalue weighted by Gasteiger charge is -2.15. The minimum Gasteiger partial charge on any atom is -0.451 e. The van der Waals surface area contributed by atoms with Crippen LogP contribution in [0.15, 0.2) is 66.0 Å². The van der Waals surface area contributed by atoms with Gasteiger partial charge in [-0.05, 0) is 43.0 Å². The van der Waals surface area contributed by atoms with Crippen LogP contribution < -0.4 is 0 Å². The molecule has 150 valence electrons. The number of nitrogens with zero attached hydrogens (tertiary/aromatic N) is 1. The zero-order valence-electron chi connectivity index (χ0n) is 16.4. The van der Waals surface area contributed by atoms with Gasteiger partial charge in [0.25, 0.3) is 0 Å². The number of hydrogen-bond acceptors (Lipinski definition) is 5. The minimum atomic E-state index is -0.915. The number of pyridine rings is 1. The number of carbonyl (C=O) groups is 2. The second-order valence-electron chi connectivity index (χ2n) is 6.88. The SMILES string of the molecule is Cc1c(Cl)ccc2c(C(=O)O[C@H](C)C(=O)c3ccccc3)cc(-c3cccs3)nc12. The van der Waals surface area contributed by atoms with Crippen molar-refractivity contribution >= 4 is 45.6 Å². The predicted molar refractivity (Wildman–Crippen MR) is 120 cm³/mol. The van der Waals surface area contributed by atoms with E-state index in [1.165, 1.54) is 11.3 Å². The number of carbonyl (C=O) groups excluding carboxylic acids is 2. The summed E-state index contributed by atoms with van der Waals surface area (Å²) in [6, 6.07) is 17.9. The van der Waals surface area contributed by atoms with Crippen molar-refractivity contribution in [3.05, 3.63) is 87.8 Å². The van der Waals surface area contributed by atoms with Crippen molar-refractivity contribution in [2.45, 2.75) is 20.0 Å². The van der Waals surface area contributed by atoms with Gasteiger partial charge in [0.2, 0.25) is 5.78 Å². The fourth-order valence-corrected chi connectivity index (χ4v) is 4.08. The summed E-state index contributed by atoms with van der Waals surface area (Å²) in [4.78, 5) is 31.4. The van der Waals surface area contributed by atoms with E-state index in [-0.39, 0.29) is 5.78 Å². The molecule has 0 aliphatic heterocycles. The van der Waals surface area contributed by atoms with Crippen molar-refractivity contribution in [3.8, 4) is 10.6 Å². The maximum Gasteiger partial charge on any atom is 0.339 e. The fourth-order valence-electron chi connectivity index (χ4n) is 3.24. The summed E-state index contributed by atoms with van der Waals surface area (Å²) in [5.41, 5.74) is 2.95. The predicted octanol–water partition coefficient (Wildman–Crippen LogP) is 6.35. The first-order valence-electron chi connectivity index (χ1n) is 9.39. The second-order valence-corrected chi connectivity index (χ2v) is 8.23. The molecule has 4 nitrogen and oxygen atoms in total. The summed E-state index contributed by atoms with van der Waals surface area (Å²) in [7, 11) is 0. The monoisotopic (exact) mass is 435 g/mol. The molecule has 30 heavy (non-hydrogen) atoms. The smallest absolute Gasteiger partial charge is 0.339 e. The standard InChI is InChI=1S/C24H18ClNO3S/c1-14-19(25)11-10-17-18(13-20(26-22(14)17)21-9-6-12-30-21)24(28)29-15(2)23(27)16-7-4-3-5-8-16/h3-13,15H,1-2H3/t15-/m1/s1. The molecule has 0 aliphatic rings. The maximum absolute atomic E-state index is 13.1. The van der Waals surface area contributed by atoms with Crippen molar-refractivity contribution < 1.29 is 14.3 Å². The van der Waals surface area contributed by atoms with Gasteiger partial charge < -0.3 is 4.74 Å². The third-order valence-electron chi connectivity index (χ3n) is 4.87. The summed E-state index contributed by atoms with van der Waals surface area (Å²) in [5, 5.41) is 3.16. The van der Waals surface area contributed by atoms with Crippen molar-refractivity contribution in [1.82, 2.24) is 4.98 Å². The number of aryl methyl sites for hydroxylation is 1. The molecule has 0 saturated carbocycles. The number of hydrogen-bond donors (Lipinski definition) is 0. The molecule has 0 unspecified atom stereocenters. The summed E-state index contributed by atoms with van der Waals surface area (Å²) in [5.74, 6) is -0.821. The Morgan fingerprint density at radius 3 is 2.53 bits per heavy atom. The number of halogens is 1. The molecule has 0 radical (unpaired) electrons. The molecule has 0 bridgehead atoms. The number of esters is 1. The fraction of sp³-hybridized carbons (Fsp3) is 0.125. The topological polar surface area (TPSA) is 56.3 Å². The molecule has 4 rings (SSSR count). The van der Waals surface area contributed by atoms with Crippen LogP contribution in [0.1, 0.15) is 33.2 Å². The van der Waals surface area contributed by atoms with Crippen LogP contribution in [-0.2, 0) is 4.74 Å². The third-order valence-corrected chi connectivity index (χ3v) is 6.18. The number of benzene rings is 2. The molecule has 0 amide bonds. The van der Waals surface area contributed by atoms with Crippen LogP contribution in [0.5, 0.6) is 0 Å². The van der Waals surface area contributed by atoms with E-state index in [9.17, 15) is 9.59 Å². The van der Waals surface area contributed by atoms with E-state index >= 15 is 0 Å². The molecule has 2 aromatic carbocycles. The lowest BCUT2D eigenvalue weighted by Crippen LogP contribution is -2.24. The Balaban J connectivity index is 1.74. The zero-order valence-corrected chi connectivity index (χ0v) is 18.0. The van der Waals surface area contributed by atoms with Gasteiger partial charge in [0.1, 0.15) is 0 Å². The summed E-state index contributed by atoms with van der Waals surface area (Å²) >= 11 is 7.82. The van der Waals surface area contributed by atoms with E-state index in [4.69, 9.17) is 21.3 Å². The number of thiophene rings is 1. The molecule has 0 N–H and O–H groups in total. The van der Waals surface area contributed by atoms with Gasteiger partial charge in [-0.15, -0.1) is 11.3 Å². The highest BCUT2D eigenvalue weighted by molar-refractivity contribution is 7.13. The van der Waals surface area contributed by atoms with Crippen LogP contribution in [0.2, 0.25) is 5.02 Å². The molecule has 0 saturated heterocycles. The molecule has 0 aliphatic carbocycles. The molecule has 2 heterocycles. The van der Waals surface area contributed by atoms with Gasteiger partial charge in [-0.25, -0.2) is 9.78 Å². The Labute approximate surface area is 183 Å². The highest BCUT2D eigenvalue weighted by atomic mass is 35.5. The van der Waals surface area contributed by atoms with Gasteiger partial charge >= 0.3 is 5.97 Å². The third kappa shape index (κ3) is 3.86. The zero-order chi connectivity index (χ0) is 21.3. The van der Waals surface area contributed by atoms with Crippen molar-refractivity contribution in [2.75, 3.05) is 0 Å². The Morgan fingerprint density at radius 2 is 1.83 bits per heavy atom. The Bertz CT molecular complexity index is 1240. The highest BCUT2D eigenvalue weighted by Crippen LogP contribution is 2.32. The molecular formula is C24H18ClNO3S.